The number of aryl methyl sites for hydroxylation is 1. The van der Waals surface area contributed by atoms with E-state index in [1.54, 1.807) is 7.11 Å². The summed E-state index contributed by atoms with van der Waals surface area (Å²) >= 11 is 0. The van der Waals surface area contributed by atoms with Gasteiger partial charge in [-0.25, -0.2) is 0 Å². The van der Waals surface area contributed by atoms with Gasteiger partial charge in [0.1, 0.15) is 5.75 Å². The molecule has 0 saturated heterocycles. The summed E-state index contributed by atoms with van der Waals surface area (Å²) in [6.07, 6.45) is 4.43. The fourth-order valence-corrected chi connectivity index (χ4v) is 1.65. The monoisotopic (exact) mass is 222 g/mol. The number of rotatable bonds is 7. The van der Waals surface area contributed by atoms with Crippen molar-refractivity contribution in [3.05, 3.63) is 29.8 Å². The fourth-order valence-electron chi connectivity index (χ4n) is 1.65. The SMILES string of the molecule is COc1ccc(CCCCC(N)CN)cc1. The molecule has 3 heteroatoms. The Bertz CT molecular complexity index is 284. The molecule has 0 heterocycles. The Morgan fingerprint density at radius 1 is 1.19 bits per heavy atom. The predicted molar refractivity (Wildman–Crippen MR) is 67.6 cm³/mol. The van der Waals surface area contributed by atoms with Gasteiger partial charge in [-0.1, -0.05) is 18.6 Å². The van der Waals surface area contributed by atoms with Gasteiger partial charge in [-0.15, -0.1) is 0 Å². The molecule has 0 fully saturated rings. The number of hydrogen-bond acceptors (Lipinski definition) is 3. The Kier molecular flexibility index (Phi) is 5.90. The molecule has 4 N–H and O–H groups in total. The largest absolute Gasteiger partial charge is 0.497 e. The van der Waals surface area contributed by atoms with Crippen molar-refractivity contribution in [3.8, 4) is 5.75 Å². The quantitative estimate of drug-likeness (QED) is 0.690. The second-order valence-electron chi connectivity index (χ2n) is 4.09. The predicted octanol–water partition coefficient (Wildman–Crippen LogP) is 1.69. The number of benzene rings is 1. The maximum Gasteiger partial charge on any atom is 0.118 e. The highest BCUT2D eigenvalue weighted by molar-refractivity contribution is 5.27. The van der Waals surface area contributed by atoms with E-state index in [1.807, 2.05) is 12.1 Å². The molecular formula is C13H22N2O. The van der Waals surface area contributed by atoms with E-state index in [4.69, 9.17) is 16.2 Å². The summed E-state index contributed by atoms with van der Waals surface area (Å²) in [5.74, 6) is 0.911. The lowest BCUT2D eigenvalue weighted by molar-refractivity contribution is 0.414. The zero-order valence-corrected chi connectivity index (χ0v) is 9.99. The van der Waals surface area contributed by atoms with Crippen LogP contribution in [0.1, 0.15) is 24.8 Å². The van der Waals surface area contributed by atoms with E-state index in [9.17, 15) is 0 Å². The minimum Gasteiger partial charge on any atom is -0.497 e. The summed E-state index contributed by atoms with van der Waals surface area (Å²) in [6.45, 7) is 0.586. The van der Waals surface area contributed by atoms with Crippen LogP contribution in [-0.2, 0) is 6.42 Å². The Labute approximate surface area is 97.8 Å². The highest BCUT2D eigenvalue weighted by atomic mass is 16.5. The highest BCUT2D eigenvalue weighted by Gasteiger charge is 1.99. The zero-order chi connectivity index (χ0) is 11.8. The van der Waals surface area contributed by atoms with Gasteiger partial charge < -0.3 is 16.2 Å². The van der Waals surface area contributed by atoms with Crippen LogP contribution >= 0.6 is 0 Å². The number of hydrogen-bond donors (Lipinski definition) is 2. The van der Waals surface area contributed by atoms with Crippen LogP contribution in [-0.4, -0.2) is 19.7 Å². The average molecular weight is 222 g/mol. The van der Waals surface area contributed by atoms with Crippen molar-refractivity contribution in [3.63, 3.8) is 0 Å². The first kappa shape index (κ1) is 13.0. The van der Waals surface area contributed by atoms with E-state index >= 15 is 0 Å². The number of methoxy groups -OCH3 is 1. The summed E-state index contributed by atoms with van der Waals surface area (Å²) in [4.78, 5) is 0. The Morgan fingerprint density at radius 3 is 2.44 bits per heavy atom. The van der Waals surface area contributed by atoms with Gasteiger partial charge in [0.05, 0.1) is 7.11 Å². The molecule has 0 bridgehead atoms. The minimum atomic E-state index is 0.163. The average Bonchev–Trinajstić information content (AvgIpc) is 2.35. The van der Waals surface area contributed by atoms with Crippen LogP contribution in [0.3, 0.4) is 0 Å². The smallest absolute Gasteiger partial charge is 0.118 e. The molecule has 0 saturated carbocycles. The molecule has 90 valence electrons. The van der Waals surface area contributed by atoms with Gasteiger partial charge in [0.15, 0.2) is 0 Å². The van der Waals surface area contributed by atoms with Crippen LogP contribution in [0.5, 0.6) is 5.75 Å². The molecular weight excluding hydrogens is 200 g/mol. The second-order valence-corrected chi connectivity index (χ2v) is 4.09. The van der Waals surface area contributed by atoms with Crippen LogP contribution in [0.2, 0.25) is 0 Å². The van der Waals surface area contributed by atoms with Crippen molar-refractivity contribution in [2.24, 2.45) is 11.5 Å². The topological polar surface area (TPSA) is 61.3 Å². The van der Waals surface area contributed by atoms with Crippen molar-refractivity contribution < 1.29 is 4.74 Å². The van der Waals surface area contributed by atoms with Gasteiger partial charge in [0, 0.05) is 12.6 Å². The van der Waals surface area contributed by atoms with E-state index in [0.717, 1.165) is 25.0 Å². The molecule has 0 aliphatic carbocycles. The highest BCUT2D eigenvalue weighted by Crippen LogP contribution is 2.13. The normalized spacial score (nSPS) is 12.4. The van der Waals surface area contributed by atoms with Crippen molar-refractivity contribution in [2.75, 3.05) is 13.7 Å². The molecule has 0 aliphatic heterocycles. The molecule has 16 heavy (non-hydrogen) atoms. The Hall–Kier alpha value is -1.06. The third kappa shape index (κ3) is 4.64. The molecule has 0 aliphatic rings. The maximum absolute atomic E-state index is 5.75. The number of nitrogens with two attached hydrogens (primary N) is 2. The number of ether oxygens (including phenoxy) is 1. The fraction of sp³-hybridized carbons (Fsp3) is 0.538. The molecule has 1 aromatic rings. The summed E-state index contributed by atoms with van der Waals surface area (Å²) in [6, 6.07) is 8.39. The Morgan fingerprint density at radius 2 is 1.88 bits per heavy atom. The molecule has 1 rings (SSSR count). The summed E-state index contributed by atoms with van der Waals surface area (Å²) in [7, 11) is 1.68. The van der Waals surface area contributed by atoms with Gasteiger partial charge in [-0.05, 0) is 37.0 Å². The van der Waals surface area contributed by atoms with Gasteiger partial charge >= 0.3 is 0 Å². The van der Waals surface area contributed by atoms with Gasteiger partial charge in [0.2, 0.25) is 0 Å². The third-order valence-electron chi connectivity index (χ3n) is 2.75. The lowest BCUT2D eigenvalue weighted by Crippen LogP contribution is -2.29. The van der Waals surface area contributed by atoms with E-state index in [-0.39, 0.29) is 6.04 Å². The molecule has 1 atom stereocenters. The third-order valence-corrected chi connectivity index (χ3v) is 2.75. The lowest BCUT2D eigenvalue weighted by atomic mass is 10.0. The van der Waals surface area contributed by atoms with E-state index in [0.29, 0.717) is 6.54 Å². The molecule has 0 aromatic heterocycles. The second kappa shape index (κ2) is 7.25. The van der Waals surface area contributed by atoms with Crippen LogP contribution < -0.4 is 16.2 Å². The lowest BCUT2D eigenvalue weighted by Gasteiger charge is -2.08. The number of unbranched alkanes of at least 4 members (excludes halogenated alkanes) is 1. The molecule has 0 spiro atoms. The summed E-state index contributed by atoms with van der Waals surface area (Å²) < 4.78 is 5.11. The Balaban J connectivity index is 2.21. The van der Waals surface area contributed by atoms with Crippen molar-refractivity contribution in [1.29, 1.82) is 0 Å². The minimum absolute atomic E-state index is 0.163. The summed E-state index contributed by atoms with van der Waals surface area (Å²) in [5, 5.41) is 0. The molecule has 1 unspecified atom stereocenters. The van der Waals surface area contributed by atoms with E-state index < -0.39 is 0 Å². The van der Waals surface area contributed by atoms with Crippen molar-refractivity contribution in [1.82, 2.24) is 0 Å². The molecule has 1 aromatic carbocycles. The maximum atomic E-state index is 5.75. The molecule has 0 amide bonds. The van der Waals surface area contributed by atoms with E-state index in [2.05, 4.69) is 12.1 Å². The van der Waals surface area contributed by atoms with E-state index in [1.165, 1.54) is 12.0 Å². The van der Waals surface area contributed by atoms with Gasteiger partial charge in [-0.3, -0.25) is 0 Å². The summed E-state index contributed by atoms with van der Waals surface area (Å²) in [5.41, 5.74) is 12.6. The first-order valence-electron chi connectivity index (χ1n) is 5.85. The molecule has 0 radical (unpaired) electrons. The standard InChI is InChI=1S/C13H22N2O/c1-16-13-8-6-11(7-9-13)4-2-3-5-12(15)10-14/h6-9,12H,2-5,10,14-15H2,1H3. The van der Waals surface area contributed by atoms with Crippen molar-refractivity contribution >= 4 is 0 Å². The first-order valence-corrected chi connectivity index (χ1v) is 5.85. The van der Waals surface area contributed by atoms with Crippen LogP contribution in [0.4, 0.5) is 0 Å². The van der Waals surface area contributed by atoms with Crippen molar-refractivity contribution in [2.45, 2.75) is 31.7 Å². The zero-order valence-electron chi connectivity index (χ0n) is 9.99. The van der Waals surface area contributed by atoms with Crippen LogP contribution in [0.25, 0.3) is 0 Å². The van der Waals surface area contributed by atoms with Crippen LogP contribution in [0.15, 0.2) is 24.3 Å². The van der Waals surface area contributed by atoms with Gasteiger partial charge in [-0.2, -0.15) is 0 Å². The van der Waals surface area contributed by atoms with Gasteiger partial charge in [0.25, 0.3) is 0 Å². The molecule has 3 nitrogen and oxygen atoms in total. The first-order chi connectivity index (χ1) is 7.76. The van der Waals surface area contributed by atoms with Crippen LogP contribution in [0, 0.1) is 0 Å².